The number of halogens is 3. The first-order valence-corrected chi connectivity index (χ1v) is 8.17. The van der Waals surface area contributed by atoms with Gasteiger partial charge in [-0.3, -0.25) is 9.69 Å². The second kappa shape index (κ2) is 8.02. The monoisotopic (exact) mass is 370 g/mol. The van der Waals surface area contributed by atoms with E-state index in [0.29, 0.717) is 27.3 Å². The Morgan fingerprint density at radius 2 is 1.74 bits per heavy atom. The molecule has 0 bridgehead atoms. The van der Waals surface area contributed by atoms with Gasteiger partial charge in [0.05, 0.1) is 22.3 Å². The van der Waals surface area contributed by atoms with Crippen LogP contribution in [0.25, 0.3) is 0 Å². The molecule has 0 unspecified atom stereocenters. The van der Waals surface area contributed by atoms with E-state index in [4.69, 9.17) is 34.8 Å². The standard InChI is InChI=1S/C17H17Cl3N2O/c1-11-5-3-4-6-12(11)9-22(2)10-16(23)21-17-14(19)7-13(18)8-15(17)20/h3-8H,9-10H2,1-2H3,(H,21,23). The molecule has 0 saturated heterocycles. The van der Waals surface area contributed by atoms with Gasteiger partial charge in [0.25, 0.3) is 0 Å². The molecule has 0 atom stereocenters. The van der Waals surface area contributed by atoms with E-state index in [1.165, 1.54) is 11.1 Å². The molecule has 0 saturated carbocycles. The second-order valence-corrected chi connectivity index (χ2v) is 6.64. The maximum atomic E-state index is 12.2. The molecule has 0 aliphatic rings. The lowest BCUT2D eigenvalue weighted by Gasteiger charge is -2.18. The largest absolute Gasteiger partial charge is 0.322 e. The van der Waals surface area contributed by atoms with E-state index in [1.807, 2.05) is 24.1 Å². The Bertz CT molecular complexity index is 696. The van der Waals surface area contributed by atoms with Gasteiger partial charge in [-0.15, -0.1) is 0 Å². The number of anilines is 1. The first-order valence-electron chi connectivity index (χ1n) is 7.04. The molecule has 0 spiro atoms. The topological polar surface area (TPSA) is 32.3 Å². The average Bonchev–Trinajstić information content (AvgIpc) is 2.45. The number of amides is 1. The van der Waals surface area contributed by atoms with Crippen molar-refractivity contribution in [2.75, 3.05) is 18.9 Å². The summed E-state index contributed by atoms with van der Waals surface area (Å²) in [6.45, 7) is 2.96. The molecule has 2 aromatic rings. The van der Waals surface area contributed by atoms with Crippen molar-refractivity contribution in [3.63, 3.8) is 0 Å². The van der Waals surface area contributed by atoms with Gasteiger partial charge in [-0.25, -0.2) is 0 Å². The van der Waals surface area contributed by atoms with E-state index in [0.717, 1.165) is 0 Å². The van der Waals surface area contributed by atoms with Crippen molar-refractivity contribution in [3.8, 4) is 0 Å². The van der Waals surface area contributed by atoms with Crippen LogP contribution in [-0.4, -0.2) is 24.4 Å². The van der Waals surface area contributed by atoms with Crippen molar-refractivity contribution in [3.05, 3.63) is 62.6 Å². The summed E-state index contributed by atoms with van der Waals surface area (Å²) in [5.41, 5.74) is 2.76. The molecule has 1 amide bonds. The van der Waals surface area contributed by atoms with Crippen molar-refractivity contribution in [2.24, 2.45) is 0 Å². The van der Waals surface area contributed by atoms with Crippen LogP contribution in [0, 0.1) is 6.92 Å². The van der Waals surface area contributed by atoms with E-state index in [2.05, 4.69) is 24.4 Å². The molecule has 0 aliphatic carbocycles. The van der Waals surface area contributed by atoms with Crippen LogP contribution in [0.2, 0.25) is 15.1 Å². The number of likely N-dealkylation sites (N-methyl/N-ethyl adjacent to an activating group) is 1. The van der Waals surface area contributed by atoms with Crippen LogP contribution in [0.3, 0.4) is 0 Å². The fourth-order valence-corrected chi connectivity index (χ4v) is 3.13. The van der Waals surface area contributed by atoms with Crippen LogP contribution >= 0.6 is 34.8 Å². The molecule has 0 aliphatic heterocycles. The molecule has 2 rings (SSSR count). The predicted octanol–water partition coefficient (Wildman–Crippen LogP) is 5.03. The molecular weight excluding hydrogens is 355 g/mol. The van der Waals surface area contributed by atoms with Crippen LogP contribution in [0.1, 0.15) is 11.1 Å². The van der Waals surface area contributed by atoms with Gasteiger partial charge < -0.3 is 5.32 Å². The minimum Gasteiger partial charge on any atom is -0.322 e. The third kappa shape index (κ3) is 5.11. The van der Waals surface area contributed by atoms with Gasteiger partial charge in [0.15, 0.2) is 0 Å². The fourth-order valence-electron chi connectivity index (χ4n) is 2.22. The molecule has 0 radical (unpaired) electrons. The molecule has 3 nitrogen and oxygen atoms in total. The molecule has 23 heavy (non-hydrogen) atoms. The molecule has 0 aromatic heterocycles. The number of carbonyl (C=O) groups excluding carboxylic acids is 1. The number of nitrogens with zero attached hydrogens (tertiary/aromatic N) is 1. The molecule has 122 valence electrons. The Kier molecular flexibility index (Phi) is 6.31. The number of hydrogen-bond donors (Lipinski definition) is 1. The van der Waals surface area contributed by atoms with Gasteiger partial charge in [0.1, 0.15) is 0 Å². The SMILES string of the molecule is Cc1ccccc1CN(C)CC(=O)Nc1c(Cl)cc(Cl)cc1Cl. The van der Waals surface area contributed by atoms with Crippen LogP contribution in [-0.2, 0) is 11.3 Å². The summed E-state index contributed by atoms with van der Waals surface area (Å²) in [6.07, 6.45) is 0. The van der Waals surface area contributed by atoms with Crippen LogP contribution in [0.15, 0.2) is 36.4 Å². The maximum absolute atomic E-state index is 12.2. The van der Waals surface area contributed by atoms with Crippen LogP contribution in [0.5, 0.6) is 0 Å². The van der Waals surface area contributed by atoms with Crippen molar-refractivity contribution in [1.29, 1.82) is 0 Å². The van der Waals surface area contributed by atoms with Crippen molar-refractivity contribution < 1.29 is 4.79 Å². The van der Waals surface area contributed by atoms with Gasteiger partial charge in [-0.1, -0.05) is 59.1 Å². The Morgan fingerprint density at radius 1 is 1.13 bits per heavy atom. The molecule has 6 heteroatoms. The number of rotatable bonds is 5. The van der Waals surface area contributed by atoms with Gasteiger partial charge >= 0.3 is 0 Å². The number of benzene rings is 2. The summed E-state index contributed by atoms with van der Waals surface area (Å²) in [4.78, 5) is 14.1. The van der Waals surface area contributed by atoms with E-state index >= 15 is 0 Å². The zero-order chi connectivity index (χ0) is 17.0. The Labute approximate surface area is 151 Å². The summed E-state index contributed by atoms with van der Waals surface area (Å²) in [7, 11) is 1.89. The Morgan fingerprint density at radius 3 is 2.35 bits per heavy atom. The highest BCUT2D eigenvalue weighted by Gasteiger charge is 2.13. The quantitative estimate of drug-likeness (QED) is 0.800. The second-order valence-electron chi connectivity index (χ2n) is 5.39. The molecule has 0 fully saturated rings. The van der Waals surface area contributed by atoms with Crippen LogP contribution < -0.4 is 5.32 Å². The van der Waals surface area contributed by atoms with E-state index < -0.39 is 0 Å². The number of aryl methyl sites for hydroxylation is 1. The zero-order valence-corrected chi connectivity index (χ0v) is 15.1. The lowest BCUT2D eigenvalue weighted by molar-refractivity contribution is -0.117. The lowest BCUT2D eigenvalue weighted by atomic mass is 10.1. The van der Waals surface area contributed by atoms with Gasteiger partial charge in [-0.2, -0.15) is 0 Å². The number of hydrogen-bond acceptors (Lipinski definition) is 2. The predicted molar refractivity (Wildman–Crippen MR) is 97.6 cm³/mol. The fraction of sp³-hybridized carbons (Fsp3) is 0.235. The maximum Gasteiger partial charge on any atom is 0.238 e. The molecule has 1 N–H and O–H groups in total. The number of nitrogens with one attached hydrogen (secondary N) is 1. The Hall–Kier alpha value is -1.26. The highest BCUT2D eigenvalue weighted by atomic mass is 35.5. The van der Waals surface area contributed by atoms with Crippen molar-refractivity contribution in [1.82, 2.24) is 4.90 Å². The molecule has 0 heterocycles. The van der Waals surface area contributed by atoms with Crippen LogP contribution in [0.4, 0.5) is 5.69 Å². The van der Waals surface area contributed by atoms with Crippen molar-refractivity contribution in [2.45, 2.75) is 13.5 Å². The van der Waals surface area contributed by atoms with E-state index in [-0.39, 0.29) is 12.5 Å². The molecular formula is C17H17Cl3N2O. The highest BCUT2D eigenvalue weighted by Crippen LogP contribution is 2.33. The van der Waals surface area contributed by atoms with Crippen molar-refractivity contribution >= 4 is 46.4 Å². The summed E-state index contributed by atoms with van der Waals surface area (Å²) < 4.78 is 0. The lowest BCUT2D eigenvalue weighted by Crippen LogP contribution is -2.30. The normalized spacial score (nSPS) is 10.9. The minimum absolute atomic E-state index is 0.188. The summed E-state index contributed by atoms with van der Waals surface area (Å²) in [5.74, 6) is -0.188. The summed E-state index contributed by atoms with van der Waals surface area (Å²) >= 11 is 18.0. The first kappa shape index (κ1) is 18.1. The smallest absolute Gasteiger partial charge is 0.238 e. The zero-order valence-electron chi connectivity index (χ0n) is 12.9. The first-order chi connectivity index (χ1) is 10.9. The minimum atomic E-state index is -0.188. The summed E-state index contributed by atoms with van der Waals surface area (Å²) in [6, 6.07) is 11.2. The van der Waals surface area contributed by atoms with Gasteiger partial charge in [-0.05, 0) is 37.2 Å². The third-order valence-electron chi connectivity index (χ3n) is 3.39. The molecule has 2 aromatic carbocycles. The van der Waals surface area contributed by atoms with E-state index in [1.54, 1.807) is 12.1 Å². The van der Waals surface area contributed by atoms with Gasteiger partial charge in [0, 0.05) is 11.6 Å². The summed E-state index contributed by atoms with van der Waals surface area (Å²) in [5, 5.41) is 3.79. The number of carbonyl (C=O) groups is 1. The highest BCUT2D eigenvalue weighted by molar-refractivity contribution is 6.42. The average molecular weight is 372 g/mol. The Balaban J connectivity index is 1.98. The third-order valence-corrected chi connectivity index (χ3v) is 4.20. The van der Waals surface area contributed by atoms with E-state index in [9.17, 15) is 4.79 Å². The van der Waals surface area contributed by atoms with Gasteiger partial charge in [0.2, 0.25) is 5.91 Å².